The number of piperidine rings is 1. The molecule has 0 radical (unpaired) electrons. The van der Waals surface area contributed by atoms with Crippen molar-refractivity contribution < 1.29 is 9.53 Å². The Balaban J connectivity index is 1.49. The first-order valence-electron chi connectivity index (χ1n) is 9.49. The molecule has 1 aliphatic heterocycles. The molecule has 9 heteroatoms. The summed E-state index contributed by atoms with van der Waals surface area (Å²) < 4.78 is 8.25. The van der Waals surface area contributed by atoms with Crippen LogP contribution in [0, 0.1) is 0 Å². The molecule has 152 valence electrons. The van der Waals surface area contributed by atoms with Crippen molar-refractivity contribution in [1.29, 1.82) is 0 Å². The first-order valence-corrected chi connectivity index (χ1v) is 10.3. The molecule has 1 amide bonds. The van der Waals surface area contributed by atoms with Crippen LogP contribution in [0.25, 0.3) is 5.52 Å². The molecule has 8 nitrogen and oxygen atoms in total. The molecule has 2 aromatic heterocycles. The number of rotatable bonds is 6. The van der Waals surface area contributed by atoms with Gasteiger partial charge < -0.3 is 15.8 Å². The quantitative estimate of drug-likeness (QED) is 0.589. The largest absolute Gasteiger partial charge is 0.495 e. The number of likely N-dealkylation sites (tertiary alicyclic amines) is 1. The molecule has 0 atom stereocenters. The molecule has 1 fully saturated rings. The Labute approximate surface area is 177 Å². The van der Waals surface area contributed by atoms with Gasteiger partial charge in [0.15, 0.2) is 0 Å². The van der Waals surface area contributed by atoms with Gasteiger partial charge in [0.25, 0.3) is 0 Å². The number of fused-ring (bicyclic) bond motifs is 1. The molecule has 1 aromatic carbocycles. The fourth-order valence-electron chi connectivity index (χ4n) is 3.76. The summed E-state index contributed by atoms with van der Waals surface area (Å²) in [4.78, 5) is 17.6. The second-order valence-electron chi connectivity index (χ2n) is 7.18. The van der Waals surface area contributed by atoms with Crippen LogP contribution in [0.4, 0.5) is 11.6 Å². The Hall–Kier alpha value is -2.65. The molecule has 3 N–H and O–H groups in total. The molecule has 0 saturated carbocycles. The van der Waals surface area contributed by atoms with Gasteiger partial charge >= 0.3 is 0 Å². The average Bonchev–Trinajstić information content (AvgIpc) is 3.09. The summed E-state index contributed by atoms with van der Waals surface area (Å²) in [5.41, 5.74) is 8.25. The van der Waals surface area contributed by atoms with Gasteiger partial charge in [0.1, 0.15) is 10.4 Å². The van der Waals surface area contributed by atoms with Crippen molar-refractivity contribution in [2.45, 2.75) is 18.8 Å². The van der Waals surface area contributed by atoms with Gasteiger partial charge in [-0.25, -0.2) is 9.50 Å². The fraction of sp³-hybridized carbons (Fsp3) is 0.350. The summed E-state index contributed by atoms with van der Waals surface area (Å²) >= 11 is 3.48. The zero-order chi connectivity index (χ0) is 20.4. The predicted molar refractivity (Wildman–Crippen MR) is 115 cm³/mol. The van der Waals surface area contributed by atoms with E-state index in [4.69, 9.17) is 10.5 Å². The number of amides is 1. The molecule has 0 aliphatic carbocycles. The van der Waals surface area contributed by atoms with Gasteiger partial charge in [0.05, 0.1) is 31.1 Å². The van der Waals surface area contributed by atoms with Gasteiger partial charge in [0.2, 0.25) is 11.9 Å². The molecule has 1 aliphatic rings. The summed E-state index contributed by atoms with van der Waals surface area (Å²) in [5.74, 6) is 1.40. The number of ether oxygens (including phenoxy) is 1. The van der Waals surface area contributed by atoms with E-state index in [0.29, 0.717) is 18.4 Å². The number of hydrogen-bond donors (Lipinski definition) is 2. The van der Waals surface area contributed by atoms with Crippen molar-refractivity contribution in [1.82, 2.24) is 19.5 Å². The number of nitrogens with two attached hydrogens (primary N) is 1. The number of hydrogen-bond acceptors (Lipinski definition) is 6. The summed E-state index contributed by atoms with van der Waals surface area (Å²) in [6.07, 6.45) is 3.75. The Morgan fingerprint density at radius 3 is 2.83 bits per heavy atom. The lowest BCUT2D eigenvalue weighted by atomic mass is 9.89. The maximum Gasteiger partial charge on any atom is 0.245 e. The first kappa shape index (κ1) is 19.7. The maximum atomic E-state index is 11.1. The van der Waals surface area contributed by atoms with E-state index < -0.39 is 0 Å². The highest BCUT2D eigenvalue weighted by molar-refractivity contribution is 9.10. The third-order valence-corrected chi connectivity index (χ3v) is 5.86. The van der Waals surface area contributed by atoms with Crippen molar-refractivity contribution in [3.05, 3.63) is 46.7 Å². The Morgan fingerprint density at radius 2 is 2.10 bits per heavy atom. The Kier molecular flexibility index (Phi) is 5.68. The van der Waals surface area contributed by atoms with E-state index in [0.717, 1.165) is 47.5 Å². The van der Waals surface area contributed by atoms with Crippen molar-refractivity contribution >= 4 is 39.0 Å². The van der Waals surface area contributed by atoms with Gasteiger partial charge in [-0.1, -0.05) is 6.07 Å². The summed E-state index contributed by atoms with van der Waals surface area (Å²) in [5, 5.41) is 7.74. The van der Waals surface area contributed by atoms with Crippen LogP contribution in [0.15, 0.2) is 41.1 Å². The lowest BCUT2D eigenvalue weighted by Crippen LogP contribution is -2.39. The average molecular weight is 459 g/mol. The van der Waals surface area contributed by atoms with Gasteiger partial charge in [0, 0.05) is 0 Å². The van der Waals surface area contributed by atoms with E-state index in [-0.39, 0.29) is 5.91 Å². The smallest absolute Gasteiger partial charge is 0.245 e. The molecule has 4 rings (SSSR count). The Morgan fingerprint density at radius 1 is 1.31 bits per heavy atom. The van der Waals surface area contributed by atoms with Gasteiger partial charge in [-0.15, -0.1) is 5.10 Å². The van der Waals surface area contributed by atoms with Crippen molar-refractivity contribution in [2.24, 2.45) is 5.73 Å². The minimum atomic E-state index is -0.270. The molecule has 0 unspecified atom stereocenters. The number of methoxy groups -OCH3 is 1. The van der Waals surface area contributed by atoms with Crippen molar-refractivity contribution in [3.63, 3.8) is 0 Å². The zero-order valence-corrected chi connectivity index (χ0v) is 17.7. The Bertz CT molecular complexity index is 1030. The van der Waals surface area contributed by atoms with Crippen molar-refractivity contribution in [3.8, 4) is 5.75 Å². The lowest BCUT2D eigenvalue weighted by Gasteiger charge is -2.31. The molecule has 1 saturated heterocycles. The number of nitrogens with zero attached hydrogens (tertiary/aromatic N) is 4. The molecule has 3 aromatic rings. The van der Waals surface area contributed by atoms with E-state index in [1.165, 1.54) is 5.56 Å². The lowest BCUT2D eigenvalue weighted by molar-refractivity contribution is -0.119. The molecule has 3 heterocycles. The second-order valence-corrected chi connectivity index (χ2v) is 7.99. The van der Waals surface area contributed by atoms with Crippen LogP contribution in [0.3, 0.4) is 0 Å². The number of carbonyl (C=O) groups is 1. The van der Waals surface area contributed by atoms with E-state index in [9.17, 15) is 4.79 Å². The second kappa shape index (κ2) is 8.38. The minimum Gasteiger partial charge on any atom is -0.495 e. The highest BCUT2D eigenvalue weighted by Gasteiger charge is 2.22. The van der Waals surface area contributed by atoms with Gasteiger partial charge in [-0.05, 0) is 77.6 Å². The number of carbonyl (C=O) groups excluding carboxylic acids is 1. The normalized spacial score (nSPS) is 15.5. The summed E-state index contributed by atoms with van der Waals surface area (Å²) in [6.45, 7) is 2.08. The number of aromatic nitrogens is 3. The number of benzene rings is 1. The van der Waals surface area contributed by atoms with Crippen LogP contribution in [0.2, 0.25) is 0 Å². The standard InChI is InChI=1S/C20H23BrN6O2/c1-29-17-10-14(13-6-8-26(9-7-13)12-19(22)28)2-4-16(17)24-20-23-11-15-3-5-18(21)27(15)25-20/h2-5,10-11,13H,6-9,12H2,1H3,(H2,22,28)(H,24,25). The number of primary amides is 1. The molecular formula is C20H23BrN6O2. The van der Waals surface area contributed by atoms with Crippen LogP contribution in [-0.2, 0) is 4.79 Å². The predicted octanol–water partition coefficient (Wildman–Crippen LogP) is 2.91. The van der Waals surface area contributed by atoms with E-state index >= 15 is 0 Å². The van der Waals surface area contributed by atoms with Gasteiger partial charge in [-0.2, -0.15) is 0 Å². The third kappa shape index (κ3) is 4.35. The number of nitrogens with one attached hydrogen (secondary N) is 1. The molecule has 0 bridgehead atoms. The fourth-order valence-corrected chi connectivity index (χ4v) is 4.17. The monoisotopic (exact) mass is 458 g/mol. The van der Waals surface area contributed by atoms with Crippen molar-refractivity contribution in [2.75, 3.05) is 32.1 Å². The highest BCUT2D eigenvalue weighted by Crippen LogP contribution is 2.34. The third-order valence-electron chi connectivity index (χ3n) is 5.26. The molecular weight excluding hydrogens is 436 g/mol. The number of halogens is 1. The summed E-state index contributed by atoms with van der Waals surface area (Å²) in [6, 6.07) is 10.1. The van der Waals surface area contributed by atoms with Crippen LogP contribution >= 0.6 is 15.9 Å². The first-order chi connectivity index (χ1) is 14.0. The van der Waals surface area contributed by atoms with Crippen LogP contribution in [0.1, 0.15) is 24.3 Å². The highest BCUT2D eigenvalue weighted by atomic mass is 79.9. The topological polar surface area (TPSA) is 97.8 Å². The van der Waals surface area contributed by atoms with E-state index in [1.807, 2.05) is 18.2 Å². The van der Waals surface area contributed by atoms with Crippen LogP contribution in [0.5, 0.6) is 5.75 Å². The van der Waals surface area contributed by atoms with Crippen LogP contribution < -0.4 is 15.8 Å². The SMILES string of the molecule is COc1cc(C2CCN(CC(N)=O)CC2)ccc1Nc1ncc2ccc(Br)n2n1. The van der Waals surface area contributed by atoms with Crippen LogP contribution in [-0.4, -0.2) is 52.1 Å². The minimum absolute atomic E-state index is 0.270. The molecule has 0 spiro atoms. The summed E-state index contributed by atoms with van der Waals surface area (Å²) in [7, 11) is 1.66. The molecule has 29 heavy (non-hydrogen) atoms. The maximum absolute atomic E-state index is 11.1. The van der Waals surface area contributed by atoms with Gasteiger partial charge in [-0.3, -0.25) is 9.69 Å². The zero-order valence-electron chi connectivity index (χ0n) is 16.1. The number of anilines is 2. The van der Waals surface area contributed by atoms with E-state index in [2.05, 4.69) is 48.4 Å². The van der Waals surface area contributed by atoms with E-state index in [1.54, 1.807) is 17.8 Å².